The van der Waals surface area contributed by atoms with Crippen molar-refractivity contribution in [1.82, 2.24) is 4.90 Å². The topological polar surface area (TPSA) is 72.6 Å². The van der Waals surface area contributed by atoms with Crippen LogP contribution in [0.15, 0.2) is 18.2 Å². The van der Waals surface area contributed by atoms with Crippen molar-refractivity contribution in [3.8, 4) is 0 Å². The first kappa shape index (κ1) is 15.3. The van der Waals surface area contributed by atoms with Crippen LogP contribution in [-0.4, -0.2) is 37.5 Å². The van der Waals surface area contributed by atoms with Gasteiger partial charge in [-0.2, -0.15) is 0 Å². The van der Waals surface area contributed by atoms with Crippen LogP contribution in [0.25, 0.3) is 0 Å². The molecular formula is C13H17ClN2O3. The van der Waals surface area contributed by atoms with Crippen LogP contribution in [0.2, 0.25) is 5.02 Å². The molecule has 0 aromatic heterocycles. The molecule has 0 atom stereocenters. The summed E-state index contributed by atoms with van der Waals surface area (Å²) in [4.78, 5) is 24.6. The Kier molecular flexibility index (Phi) is 5.63. The molecule has 0 aliphatic heterocycles. The van der Waals surface area contributed by atoms with Gasteiger partial charge in [-0.1, -0.05) is 11.6 Å². The molecule has 5 nitrogen and oxygen atoms in total. The van der Waals surface area contributed by atoms with Gasteiger partial charge in [-0.05, 0) is 24.6 Å². The van der Waals surface area contributed by atoms with Crippen molar-refractivity contribution in [2.75, 3.05) is 26.4 Å². The minimum Gasteiger partial charge on any atom is -0.469 e. The van der Waals surface area contributed by atoms with Crippen LogP contribution >= 0.6 is 11.6 Å². The van der Waals surface area contributed by atoms with E-state index in [1.165, 1.54) is 18.1 Å². The minimum atomic E-state index is -0.289. The molecule has 0 spiro atoms. The van der Waals surface area contributed by atoms with E-state index in [0.717, 1.165) is 0 Å². The Hall–Kier alpha value is -1.75. The van der Waals surface area contributed by atoms with Gasteiger partial charge in [0.25, 0.3) is 5.91 Å². The van der Waals surface area contributed by atoms with Gasteiger partial charge >= 0.3 is 5.97 Å². The van der Waals surface area contributed by atoms with Gasteiger partial charge < -0.3 is 15.4 Å². The SMILES string of the molecule is COC(=O)CCCN(C)C(=O)c1cc(Cl)ccc1N. The normalized spacial score (nSPS) is 10.1. The molecular weight excluding hydrogens is 268 g/mol. The zero-order valence-corrected chi connectivity index (χ0v) is 11.7. The highest BCUT2D eigenvalue weighted by Crippen LogP contribution is 2.19. The molecule has 0 saturated carbocycles. The molecule has 0 fully saturated rings. The van der Waals surface area contributed by atoms with Gasteiger partial charge in [0.2, 0.25) is 0 Å². The number of carbonyl (C=O) groups excluding carboxylic acids is 2. The Labute approximate surface area is 117 Å². The number of esters is 1. The number of benzene rings is 1. The zero-order chi connectivity index (χ0) is 14.4. The maximum absolute atomic E-state index is 12.1. The molecule has 0 saturated heterocycles. The molecule has 0 unspecified atom stereocenters. The number of rotatable bonds is 5. The lowest BCUT2D eigenvalue weighted by Crippen LogP contribution is -2.28. The average molecular weight is 285 g/mol. The van der Waals surface area contributed by atoms with E-state index in [2.05, 4.69) is 4.74 Å². The summed E-state index contributed by atoms with van der Waals surface area (Å²) in [6.45, 7) is 0.444. The third kappa shape index (κ3) is 4.44. The molecule has 6 heteroatoms. The lowest BCUT2D eigenvalue weighted by molar-refractivity contribution is -0.140. The fraction of sp³-hybridized carbons (Fsp3) is 0.385. The van der Waals surface area contributed by atoms with Crippen molar-refractivity contribution in [2.24, 2.45) is 0 Å². The van der Waals surface area contributed by atoms with E-state index in [1.54, 1.807) is 19.2 Å². The minimum absolute atomic E-state index is 0.218. The number of anilines is 1. The standard InChI is InChI=1S/C13H17ClN2O3/c1-16(7-3-4-12(17)19-2)13(18)10-8-9(14)5-6-11(10)15/h5-6,8H,3-4,7,15H2,1-2H3. The van der Waals surface area contributed by atoms with Crippen LogP contribution < -0.4 is 5.73 Å². The van der Waals surface area contributed by atoms with E-state index >= 15 is 0 Å². The van der Waals surface area contributed by atoms with Crippen molar-refractivity contribution in [1.29, 1.82) is 0 Å². The van der Waals surface area contributed by atoms with E-state index in [0.29, 0.717) is 29.2 Å². The van der Waals surface area contributed by atoms with Crippen molar-refractivity contribution in [2.45, 2.75) is 12.8 Å². The summed E-state index contributed by atoms with van der Waals surface area (Å²) in [7, 11) is 2.99. The molecule has 19 heavy (non-hydrogen) atoms. The highest BCUT2D eigenvalue weighted by atomic mass is 35.5. The number of amides is 1. The van der Waals surface area contributed by atoms with Crippen molar-refractivity contribution < 1.29 is 14.3 Å². The molecule has 1 aromatic carbocycles. The van der Waals surface area contributed by atoms with Crippen molar-refractivity contribution >= 4 is 29.2 Å². The van der Waals surface area contributed by atoms with Gasteiger partial charge in [0.1, 0.15) is 0 Å². The summed E-state index contributed by atoms with van der Waals surface area (Å²) in [5, 5.41) is 0.459. The van der Waals surface area contributed by atoms with Crippen LogP contribution in [0, 0.1) is 0 Å². The number of halogens is 1. The van der Waals surface area contributed by atoms with E-state index in [-0.39, 0.29) is 18.3 Å². The number of ether oxygens (including phenoxy) is 1. The summed E-state index contributed by atoms with van der Waals surface area (Å²) in [6.07, 6.45) is 0.814. The Morgan fingerprint density at radius 3 is 2.74 bits per heavy atom. The Morgan fingerprint density at radius 1 is 1.42 bits per heavy atom. The summed E-state index contributed by atoms with van der Waals surface area (Å²) in [6, 6.07) is 4.76. The van der Waals surface area contributed by atoms with Crippen LogP contribution in [0.4, 0.5) is 5.69 Å². The first-order chi connectivity index (χ1) is 8.95. The zero-order valence-electron chi connectivity index (χ0n) is 11.0. The second kappa shape index (κ2) is 6.99. The highest BCUT2D eigenvalue weighted by Gasteiger charge is 2.15. The van der Waals surface area contributed by atoms with Crippen molar-refractivity contribution in [3.63, 3.8) is 0 Å². The molecule has 1 amide bonds. The number of nitrogen functional groups attached to an aromatic ring is 1. The second-order valence-electron chi connectivity index (χ2n) is 4.14. The summed E-state index contributed by atoms with van der Waals surface area (Å²) >= 11 is 5.84. The third-order valence-electron chi connectivity index (χ3n) is 2.69. The first-order valence-electron chi connectivity index (χ1n) is 5.83. The monoisotopic (exact) mass is 284 g/mol. The number of hydrogen-bond donors (Lipinski definition) is 1. The summed E-state index contributed by atoms with van der Waals surface area (Å²) in [5.41, 5.74) is 6.50. The fourth-order valence-corrected chi connectivity index (χ4v) is 1.76. The van der Waals surface area contributed by atoms with E-state index < -0.39 is 0 Å². The van der Waals surface area contributed by atoms with Gasteiger partial charge in [0.05, 0.1) is 12.7 Å². The number of hydrogen-bond acceptors (Lipinski definition) is 4. The van der Waals surface area contributed by atoms with Crippen LogP contribution in [0.1, 0.15) is 23.2 Å². The smallest absolute Gasteiger partial charge is 0.305 e. The molecule has 1 rings (SSSR count). The van der Waals surface area contributed by atoms with Gasteiger partial charge in [-0.15, -0.1) is 0 Å². The highest BCUT2D eigenvalue weighted by molar-refractivity contribution is 6.31. The maximum Gasteiger partial charge on any atom is 0.305 e. The molecule has 0 aliphatic carbocycles. The molecule has 0 bridgehead atoms. The van der Waals surface area contributed by atoms with E-state index in [9.17, 15) is 9.59 Å². The second-order valence-corrected chi connectivity index (χ2v) is 4.57. The Morgan fingerprint density at radius 2 is 2.11 bits per heavy atom. The molecule has 0 aliphatic rings. The summed E-state index contributed by atoms with van der Waals surface area (Å²) in [5.74, 6) is -0.506. The quantitative estimate of drug-likeness (QED) is 0.662. The molecule has 104 valence electrons. The lowest BCUT2D eigenvalue weighted by atomic mass is 10.1. The number of nitrogens with two attached hydrogens (primary N) is 1. The van der Waals surface area contributed by atoms with Crippen LogP contribution in [-0.2, 0) is 9.53 Å². The van der Waals surface area contributed by atoms with E-state index in [4.69, 9.17) is 17.3 Å². The number of methoxy groups -OCH3 is 1. The predicted molar refractivity (Wildman–Crippen MR) is 74.1 cm³/mol. The molecule has 1 aromatic rings. The average Bonchev–Trinajstić information content (AvgIpc) is 2.40. The van der Waals surface area contributed by atoms with Crippen molar-refractivity contribution in [3.05, 3.63) is 28.8 Å². The largest absolute Gasteiger partial charge is 0.469 e. The molecule has 2 N–H and O–H groups in total. The Balaban J connectivity index is 2.61. The van der Waals surface area contributed by atoms with Gasteiger partial charge in [-0.3, -0.25) is 9.59 Å². The molecule has 0 heterocycles. The van der Waals surface area contributed by atoms with Gasteiger partial charge in [-0.25, -0.2) is 0 Å². The predicted octanol–water partition coefficient (Wildman–Crippen LogP) is 1.95. The lowest BCUT2D eigenvalue weighted by Gasteiger charge is -2.18. The third-order valence-corrected chi connectivity index (χ3v) is 2.93. The van der Waals surface area contributed by atoms with E-state index in [1.807, 2.05) is 0 Å². The first-order valence-corrected chi connectivity index (χ1v) is 6.20. The molecule has 0 radical (unpaired) electrons. The van der Waals surface area contributed by atoms with Gasteiger partial charge in [0.15, 0.2) is 0 Å². The maximum atomic E-state index is 12.1. The number of carbonyl (C=O) groups is 2. The fourth-order valence-electron chi connectivity index (χ4n) is 1.58. The summed E-state index contributed by atoms with van der Waals surface area (Å²) < 4.78 is 4.53. The van der Waals surface area contributed by atoms with Gasteiger partial charge in [0, 0.05) is 30.7 Å². The Bertz CT molecular complexity index is 477. The van der Waals surface area contributed by atoms with Crippen LogP contribution in [0.5, 0.6) is 0 Å². The number of nitrogens with zero attached hydrogens (tertiary/aromatic N) is 1. The van der Waals surface area contributed by atoms with Crippen LogP contribution in [0.3, 0.4) is 0 Å².